The first kappa shape index (κ1) is 16.1. The number of nitrogens with one attached hydrogen (secondary N) is 1. The summed E-state index contributed by atoms with van der Waals surface area (Å²) in [5, 5.41) is 15.3. The predicted octanol–water partition coefficient (Wildman–Crippen LogP) is 2.79. The Kier molecular flexibility index (Phi) is 4.72. The molecule has 1 aromatic carbocycles. The lowest BCUT2D eigenvalue weighted by atomic mass is 10.3. The molecule has 1 heterocycles. The molecule has 3 rings (SSSR count). The van der Waals surface area contributed by atoms with Gasteiger partial charge in [-0.05, 0) is 48.4 Å². The zero-order chi connectivity index (χ0) is 16.4. The van der Waals surface area contributed by atoms with Gasteiger partial charge in [0.25, 0.3) is 0 Å². The molecule has 0 spiro atoms. The number of hydrogen-bond acceptors (Lipinski definition) is 6. The number of amides is 1. The van der Waals surface area contributed by atoms with Gasteiger partial charge in [-0.2, -0.15) is 0 Å². The van der Waals surface area contributed by atoms with Gasteiger partial charge in [0.2, 0.25) is 11.1 Å². The van der Waals surface area contributed by atoms with Crippen molar-refractivity contribution < 1.29 is 9.53 Å². The van der Waals surface area contributed by atoms with Crippen molar-refractivity contribution in [2.45, 2.75) is 36.2 Å². The third kappa shape index (κ3) is 3.76. The maximum absolute atomic E-state index is 12.4. The number of rotatable bonds is 6. The van der Waals surface area contributed by atoms with Gasteiger partial charge in [-0.1, -0.05) is 23.4 Å². The summed E-state index contributed by atoms with van der Waals surface area (Å²) in [7, 11) is 1.54. The van der Waals surface area contributed by atoms with Gasteiger partial charge in [0.1, 0.15) is 5.75 Å². The Balaban J connectivity index is 1.68. The summed E-state index contributed by atoms with van der Waals surface area (Å²) >= 11 is 7.30. The summed E-state index contributed by atoms with van der Waals surface area (Å²) in [5.41, 5.74) is 0.541. The number of anilines is 1. The van der Waals surface area contributed by atoms with Gasteiger partial charge >= 0.3 is 0 Å². The Morgan fingerprint density at radius 2 is 2.30 bits per heavy atom. The van der Waals surface area contributed by atoms with Crippen LogP contribution in [0.25, 0.3) is 0 Å². The van der Waals surface area contributed by atoms with Gasteiger partial charge in [0.15, 0.2) is 0 Å². The molecule has 1 aliphatic rings. The van der Waals surface area contributed by atoms with Crippen molar-refractivity contribution in [2.24, 2.45) is 0 Å². The van der Waals surface area contributed by atoms with Crippen molar-refractivity contribution in [3.63, 3.8) is 0 Å². The highest BCUT2D eigenvalue weighted by Gasteiger charge is 2.29. The van der Waals surface area contributed by atoms with Crippen LogP contribution in [-0.4, -0.2) is 38.5 Å². The fourth-order valence-electron chi connectivity index (χ4n) is 2.04. The number of nitrogens with zero attached hydrogens (tertiary/aromatic N) is 4. The van der Waals surface area contributed by atoms with Crippen LogP contribution in [0.5, 0.6) is 5.75 Å². The van der Waals surface area contributed by atoms with E-state index in [4.69, 9.17) is 16.3 Å². The van der Waals surface area contributed by atoms with Gasteiger partial charge in [-0.15, -0.1) is 5.10 Å². The van der Waals surface area contributed by atoms with Crippen molar-refractivity contribution in [1.29, 1.82) is 0 Å². The zero-order valence-corrected chi connectivity index (χ0v) is 14.3. The van der Waals surface area contributed by atoms with E-state index in [1.54, 1.807) is 30.0 Å². The SMILES string of the molecule is COc1ccc(Cl)cc1NC(=O)C(C)Sc1nnnn1C1CC1. The van der Waals surface area contributed by atoms with E-state index in [1.165, 1.54) is 11.8 Å². The normalized spacial score (nSPS) is 15.3. The second-order valence-corrected chi connectivity index (χ2v) is 6.98. The number of tetrazole rings is 1. The van der Waals surface area contributed by atoms with Crippen LogP contribution < -0.4 is 10.1 Å². The highest BCUT2D eigenvalue weighted by molar-refractivity contribution is 8.00. The molecule has 1 N–H and O–H groups in total. The largest absolute Gasteiger partial charge is 0.495 e. The molecule has 1 saturated carbocycles. The predicted molar refractivity (Wildman–Crippen MR) is 88.0 cm³/mol. The fourth-order valence-corrected chi connectivity index (χ4v) is 3.07. The van der Waals surface area contributed by atoms with Crippen LogP contribution in [0.2, 0.25) is 5.02 Å². The Morgan fingerprint density at radius 1 is 1.52 bits per heavy atom. The number of carbonyl (C=O) groups excluding carboxylic acids is 1. The van der Waals surface area contributed by atoms with Crippen molar-refractivity contribution in [3.8, 4) is 5.75 Å². The lowest BCUT2D eigenvalue weighted by molar-refractivity contribution is -0.115. The maximum Gasteiger partial charge on any atom is 0.237 e. The number of carbonyl (C=O) groups is 1. The monoisotopic (exact) mass is 353 g/mol. The molecule has 122 valence electrons. The molecule has 1 atom stereocenters. The second-order valence-electron chi connectivity index (χ2n) is 5.23. The summed E-state index contributed by atoms with van der Waals surface area (Å²) in [6, 6.07) is 5.45. The van der Waals surface area contributed by atoms with Crippen molar-refractivity contribution in [3.05, 3.63) is 23.2 Å². The van der Waals surface area contributed by atoms with Gasteiger partial charge in [0, 0.05) is 5.02 Å². The molecule has 1 unspecified atom stereocenters. The molecule has 9 heteroatoms. The molecule has 1 amide bonds. The molecule has 23 heavy (non-hydrogen) atoms. The van der Waals surface area contributed by atoms with E-state index in [9.17, 15) is 4.79 Å². The zero-order valence-electron chi connectivity index (χ0n) is 12.7. The Bertz CT molecular complexity index is 719. The van der Waals surface area contributed by atoms with Gasteiger partial charge in [0.05, 0.1) is 24.1 Å². The first-order valence-corrected chi connectivity index (χ1v) is 8.43. The van der Waals surface area contributed by atoms with Crippen LogP contribution in [0, 0.1) is 0 Å². The summed E-state index contributed by atoms with van der Waals surface area (Å²) in [5.74, 6) is 0.392. The lowest BCUT2D eigenvalue weighted by Crippen LogP contribution is -2.23. The molecule has 1 aromatic heterocycles. The van der Waals surface area contributed by atoms with Crippen LogP contribution in [0.4, 0.5) is 5.69 Å². The van der Waals surface area contributed by atoms with E-state index in [2.05, 4.69) is 20.8 Å². The molecular weight excluding hydrogens is 338 g/mol. The minimum atomic E-state index is -0.359. The topological polar surface area (TPSA) is 81.9 Å². The molecule has 0 saturated heterocycles. The Morgan fingerprint density at radius 3 is 3.00 bits per heavy atom. The van der Waals surface area contributed by atoms with Crippen molar-refractivity contribution >= 4 is 35.0 Å². The highest BCUT2D eigenvalue weighted by Crippen LogP contribution is 2.37. The average Bonchev–Trinajstić information content (AvgIpc) is 3.27. The van der Waals surface area contributed by atoms with E-state index in [0.717, 1.165) is 12.8 Å². The van der Waals surface area contributed by atoms with Crippen molar-refractivity contribution in [2.75, 3.05) is 12.4 Å². The minimum Gasteiger partial charge on any atom is -0.495 e. The molecule has 0 aliphatic heterocycles. The second kappa shape index (κ2) is 6.76. The first-order valence-electron chi connectivity index (χ1n) is 7.17. The third-order valence-electron chi connectivity index (χ3n) is 3.43. The summed E-state index contributed by atoms with van der Waals surface area (Å²) in [6.07, 6.45) is 2.16. The Hall–Kier alpha value is -1.80. The van der Waals surface area contributed by atoms with E-state index in [0.29, 0.717) is 27.7 Å². The fraction of sp³-hybridized carbons (Fsp3) is 0.429. The van der Waals surface area contributed by atoms with E-state index in [1.807, 2.05) is 6.92 Å². The standard InChI is InChI=1S/C14H16ClN5O2S/c1-8(23-14-17-18-19-20(14)10-4-5-10)13(21)16-11-7-9(15)3-6-12(11)22-2/h3,6-8,10H,4-5H2,1-2H3,(H,16,21). The molecule has 2 aromatic rings. The number of aromatic nitrogens is 4. The molecule has 1 aliphatic carbocycles. The van der Waals surface area contributed by atoms with E-state index in [-0.39, 0.29) is 11.2 Å². The molecule has 0 radical (unpaired) electrons. The highest BCUT2D eigenvalue weighted by atomic mass is 35.5. The van der Waals surface area contributed by atoms with Crippen LogP contribution in [0.1, 0.15) is 25.8 Å². The van der Waals surface area contributed by atoms with Gasteiger partial charge < -0.3 is 10.1 Å². The number of methoxy groups -OCH3 is 1. The first-order chi connectivity index (χ1) is 11.1. The quantitative estimate of drug-likeness (QED) is 0.804. The van der Waals surface area contributed by atoms with Crippen LogP contribution >= 0.6 is 23.4 Å². The van der Waals surface area contributed by atoms with Crippen LogP contribution in [-0.2, 0) is 4.79 Å². The van der Waals surface area contributed by atoms with E-state index < -0.39 is 0 Å². The Labute approximate surface area is 142 Å². The van der Waals surface area contributed by atoms with Gasteiger partial charge in [-0.25, -0.2) is 4.68 Å². The maximum atomic E-state index is 12.4. The smallest absolute Gasteiger partial charge is 0.237 e. The average molecular weight is 354 g/mol. The molecular formula is C14H16ClN5O2S. The minimum absolute atomic E-state index is 0.166. The van der Waals surface area contributed by atoms with Crippen molar-refractivity contribution in [1.82, 2.24) is 20.2 Å². The molecule has 0 bridgehead atoms. The number of thioether (sulfide) groups is 1. The summed E-state index contributed by atoms with van der Waals surface area (Å²) in [6.45, 7) is 1.81. The third-order valence-corrected chi connectivity index (χ3v) is 4.71. The molecule has 7 nitrogen and oxygen atoms in total. The number of ether oxygens (including phenoxy) is 1. The number of halogens is 1. The number of hydrogen-bond donors (Lipinski definition) is 1. The van der Waals surface area contributed by atoms with Gasteiger partial charge in [-0.3, -0.25) is 4.79 Å². The summed E-state index contributed by atoms with van der Waals surface area (Å²) in [4.78, 5) is 12.4. The van der Waals surface area contributed by atoms with E-state index >= 15 is 0 Å². The number of benzene rings is 1. The van der Waals surface area contributed by atoms with Crippen LogP contribution in [0.3, 0.4) is 0 Å². The molecule has 1 fully saturated rings. The lowest BCUT2D eigenvalue weighted by Gasteiger charge is -2.14. The van der Waals surface area contributed by atoms with Crippen LogP contribution in [0.15, 0.2) is 23.4 Å². The summed E-state index contributed by atoms with van der Waals surface area (Å²) < 4.78 is 7.02.